The number of hydrogen-bond donors (Lipinski definition) is 1. The number of ether oxygens (including phenoxy) is 2. The number of benzene rings is 2. The molecule has 2 aromatic carbocycles. The molecule has 1 heterocycles. The molecule has 0 bridgehead atoms. The van der Waals surface area contributed by atoms with Crippen LogP contribution in [0.5, 0.6) is 0 Å². The fraction of sp³-hybridized carbons (Fsp3) is 0.346. The van der Waals surface area contributed by atoms with Gasteiger partial charge in [0.05, 0.1) is 19.3 Å². The first-order valence-corrected chi connectivity index (χ1v) is 11.0. The van der Waals surface area contributed by atoms with Gasteiger partial charge in [0.25, 0.3) is 11.8 Å². The molecular weight excluding hydrogens is 422 g/mol. The van der Waals surface area contributed by atoms with Gasteiger partial charge in [-0.3, -0.25) is 14.4 Å². The summed E-state index contributed by atoms with van der Waals surface area (Å²) < 4.78 is 11.6. The molecule has 1 fully saturated rings. The van der Waals surface area contributed by atoms with E-state index in [0.717, 1.165) is 0 Å². The summed E-state index contributed by atoms with van der Waals surface area (Å²) in [5.74, 6) is -2.96. The van der Waals surface area contributed by atoms with Gasteiger partial charge in [-0.2, -0.15) is 0 Å². The molecule has 174 valence electrons. The molecule has 0 spiro atoms. The Balaban J connectivity index is 1.77. The lowest BCUT2D eigenvalue weighted by Crippen LogP contribution is -2.43. The molecule has 7 nitrogen and oxygen atoms in total. The molecule has 3 rings (SSSR count). The number of aliphatic hydroxyl groups is 1. The lowest BCUT2D eigenvalue weighted by molar-refractivity contribution is -0.163. The Kier molecular flexibility index (Phi) is 8.65. The molecule has 0 radical (unpaired) electrons. The third kappa shape index (κ3) is 6.68. The van der Waals surface area contributed by atoms with Crippen molar-refractivity contribution in [1.29, 1.82) is 0 Å². The van der Waals surface area contributed by atoms with Gasteiger partial charge >= 0.3 is 0 Å². The Morgan fingerprint density at radius 2 is 1.45 bits per heavy atom. The molecule has 1 unspecified atom stereocenters. The predicted octanol–water partition coefficient (Wildman–Crippen LogP) is 3.74. The van der Waals surface area contributed by atoms with Crippen LogP contribution in [-0.4, -0.2) is 52.8 Å². The van der Waals surface area contributed by atoms with E-state index in [2.05, 4.69) is 0 Å². The van der Waals surface area contributed by atoms with Crippen molar-refractivity contribution >= 4 is 17.7 Å². The summed E-state index contributed by atoms with van der Waals surface area (Å²) in [6, 6.07) is 16.5. The zero-order valence-electron chi connectivity index (χ0n) is 18.7. The zero-order valence-corrected chi connectivity index (χ0v) is 18.7. The number of carbonyl (C=O) groups excluding carboxylic acids is 3. The zero-order chi connectivity index (χ0) is 23.7. The van der Waals surface area contributed by atoms with Crippen LogP contribution in [0.25, 0.3) is 0 Å². The van der Waals surface area contributed by atoms with Gasteiger partial charge in [0, 0.05) is 30.4 Å². The minimum atomic E-state index is -0.998. The van der Waals surface area contributed by atoms with Crippen molar-refractivity contribution in [3.05, 3.63) is 83.9 Å². The molecule has 0 aliphatic carbocycles. The quantitative estimate of drug-likeness (QED) is 0.461. The van der Waals surface area contributed by atoms with E-state index in [1.165, 1.54) is 0 Å². The fourth-order valence-corrected chi connectivity index (χ4v) is 3.56. The average Bonchev–Trinajstić information content (AvgIpc) is 3.30. The Bertz CT molecular complexity index is 913. The summed E-state index contributed by atoms with van der Waals surface area (Å²) in [6.07, 6.45) is 4.21. The summed E-state index contributed by atoms with van der Waals surface area (Å²) in [5, 5.41) is 9.41. The molecule has 0 saturated carbocycles. The van der Waals surface area contributed by atoms with Crippen LogP contribution in [0, 0.1) is 0 Å². The lowest BCUT2D eigenvalue weighted by Gasteiger charge is -2.27. The minimum Gasteiger partial charge on any atom is -0.393 e. The average molecular weight is 452 g/mol. The number of aliphatic hydroxyl groups excluding tert-OH is 1. The van der Waals surface area contributed by atoms with Crippen LogP contribution in [-0.2, 0) is 14.3 Å². The Labute approximate surface area is 193 Å². The predicted molar refractivity (Wildman–Crippen MR) is 122 cm³/mol. The molecule has 1 aliphatic rings. The smallest absolute Gasteiger partial charge is 0.267 e. The van der Waals surface area contributed by atoms with Gasteiger partial charge < -0.3 is 14.6 Å². The van der Waals surface area contributed by atoms with Gasteiger partial charge in [-0.1, -0.05) is 48.6 Å². The molecule has 3 amide bonds. The van der Waals surface area contributed by atoms with Gasteiger partial charge in [-0.05, 0) is 37.6 Å². The van der Waals surface area contributed by atoms with Crippen molar-refractivity contribution in [1.82, 2.24) is 4.90 Å². The second kappa shape index (κ2) is 11.7. The van der Waals surface area contributed by atoms with Gasteiger partial charge in [0.15, 0.2) is 5.79 Å². The van der Waals surface area contributed by atoms with E-state index < -0.39 is 29.6 Å². The molecule has 2 aromatic rings. The van der Waals surface area contributed by atoms with Gasteiger partial charge in [-0.15, -0.1) is 0 Å². The van der Waals surface area contributed by atoms with Crippen LogP contribution >= 0.6 is 0 Å². The van der Waals surface area contributed by atoms with Crippen molar-refractivity contribution in [3.63, 3.8) is 0 Å². The van der Waals surface area contributed by atoms with E-state index >= 15 is 0 Å². The molecule has 1 aliphatic heterocycles. The highest BCUT2D eigenvalue weighted by molar-refractivity contribution is 6.20. The first-order chi connectivity index (χ1) is 15.9. The first kappa shape index (κ1) is 24.5. The maximum Gasteiger partial charge on any atom is 0.267 e. The second-order valence-corrected chi connectivity index (χ2v) is 7.94. The highest BCUT2D eigenvalue weighted by Crippen LogP contribution is 2.30. The van der Waals surface area contributed by atoms with Crippen LogP contribution in [0.4, 0.5) is 0 Å². The standard InChI is InChI=1S/C26H29NO6/c1-20(28)10-8-9-16-26(32-18-19-33-26)17-15-23(29)27(24(30)21-11-4-2-5-12-21)25(31)22-13-6-3-7-14-22/h2-9,11-14,20,28H,10,15-19H2,1H3/b9-8+. The number of imide groups is 3. The monoisotopic (exact) mass is 451 g/mol. The summed E-state index contributed by atoms with van der Waals surface area (Å²) in [6.45, 7) is 2.49. The third-order valence-corrected chi connectivity index (χ3v) is 5.30. The molecule has 7 heteroatoms. The van der Waals surface area contributed by atoms with E-state index in [1.54, 1.807) is 67.6 Å². The van der Waals surface area contributed by atoms with E-state index in [9.17, 15) is 19.5 Å². The maximum absolute atomic E-state index is 13.2. The SMILES string of the molecule is CC(O)C/C=C/CC1(CCC(=O)N(C(=O)c2ccccc2)C(=O)c2ccccc2)OCCO1. The number of nitrogens with zero attached hydrogens (tertiary/aromatic N) is 1. The summed E-state index contributed by atoms with van der Waals surface area (Å²) in [7, 11) is 0. The molecule has 1 saturated heterocycles. The van der Waals surface area contributed by atoms with E-state index in [-0.39, 0.29) is 24.0 Å². The molecule has 0 aromatic heterocycles. The summed E-state index contributed by atoms with van der Waals surface area (Å²) in [5.41, 5.74) is 0.499. The van der Waals surface area contributed by atoms with Crippen molar-refractivity contribution in [3.8, 4) is 0 Å². The lowest BCUT2D eigenvalue weighted by atomic mass is 10.0. The Morgan fingerprint density at radius 1 is 0.939 bits per heavy atom. The summed E-state index contributed by atoms with van der Waals surface area (Å²) in [4.78, 5) is 40.2. The fourth-order valence-electron chi connectivity index (χ4n) is 3.56. The van der Waals surface area contributed by atoms with Crippen molar-refractivity contribution in [2.24, 2.45) is 0 Å². The number of amides is 3. The molecule has 1 N–H and O–H groups in total. The van der Waals surface area contributed by atoms with Crippen LogP contribution in [0.15, 0.2) is 72.8 Å². The highest BCUT2D eigenvalue weighted by Gasteiger charge is 2.38. The number of carbonyl (C=O) groups is 3. The molecular formula is C26H29NO6. The van der Waals surface area contributed by atoms with E-state index in [0.29, 0.717) is 31.0 Å². The normalized spacial score (nSPS) is 15.9. The van der Waals surface area contributed by atoms with Gasteiger partial charge in [0.2, 0.25) is 5.91 Å². The second-order valence-electron chi connectivity index (χ2n) is 7.94. The number of rotatable bonds is 9. The van der Waals surface area contributed by atoms with E-state index in [1.807, 2.05) is 12.2 Å². The molecule has 1 atom stereocenters. The van der Waals surface area contributed by atoms with Gasteiger partial charge in [-0.25, -0.2) is 4.90 Å². The highest BCUT2D eigenvalue weighted by atomic mass is 16.7. The first-order valence-electron chi connectivity index (χ1n) is 11.0. The Morgan fingerprint density at radius 3 is 1.94 bits per heavy atom. The van der Waals surface area contributed by atoms with Gasteiger partial charge in [0.1, 0.15) is 0 Å². The van der Waals surface area contributed by atoms with Crippen molar-refractivity contribution < 1.29 is 29.0 Å². The third-order valence-electron chi connectivity index (χ3n) is 5.30. The maximum atomic E-state index is 13.2. The van der Waals surface area contributed by atoms with Crippen LogP contribution in [0.2, 0.25) is 0 Å². The minimum absolute atomic E-state index is 0.110. The number of hydrogen-bond acceptors (Lipinski definition) is 6. The van der Waals surface area contributed by atoms with Crippen LogP contribution in [0.3, 0.4) is 0 Å². The van der Waals surface area contributed by atoms with Crippen molar-refractivity contribution in [2.45, 2.75) is 44.5 Å². The molecule has 33 heavy (non-hydrogen) atoms. The van der Waals surface area contributed by atoms with E-state index in [4.69, 9.17) is 9.47 Å². The summed E-state index contributed by atoms with van der Waals surface area (Å²) >= 11 is 0. The Hall–Kier alpha value is -3.13. The van der Waals surface area contributed by atoms with Crippen LogP contribution < -0.4 is 0 Å². The largest absolute Gasteiger partial charge is 0.393 e. The topological polar surface area (TPSA) is 93.1 Å². The van der Waals surface area contributed by atoms with Crippen LogP contribution in [0.1, 0.15) is 53.3 Å². The van der Waals surface area contributed by atoms with Crippen molar-refractivity contribution in [2.75, 3.05) is 13.2 Å².